The van der Waals surface area contributed by atoms with Crippen LogP contribution >= 0.6 is 34.2 Å². The Morgan fingerprint density at radius 2 is 2.00 bits per heavy atom. The molecule has 0 fully saturated rings. The summed E-state index contributed by atoms with van der Waals surface area (Å²) in [5.74, 6) is -1.87. The second-order valence-electron chi connectivity index (χ2n) is 4.53. The lowest BCUT2D eigenvalue weighted by Crippen LogP contribution is -2.35. The first kappa shape index (κ1) is 17.7. The Labute approximate surface area is 140 Å². The molecule has 0 saturated heterocycles. The van der Waals surface area contributed by atoms with Crippen LogP contribution in [0, 0.1) is 9.49 Å². The van der Waals surface area contributed by atoms with Gasteiger partial charge in [0.05, 0.1) is 10.7 Å². The number of nitrogens with one attached hydrogen (secondary N) is 2. The Morgan fingerprint density at radius 1 is 1.33 bits per heavy atom. The highest BCUT2D eigenvalue weighted by Crippen LogP contribution is 2.23. The van der Waals surface area contributed by atoms with Crippen molar-refractivity contribution < 1.29 is 19.5 Å². The van der Waals surface area contributed by atoms with Gasteiger partial charge in [-0.1, -0.05) is 18.5 Å². The third-order valence-electron chi connectivity index (χ3n) is 2.49. The van der Waals surface area contributed by atoms with Crippen LogP contribution in [0.1, 0.15) is 19.8 Å². The Hall–Kier alpha value is -1.35. The van der Waals surface area contributed by atoms with Crippen LogP contribution in [0.15, 0.2) is 18.2 Å². The van der Waals surface area contributed by atoms with E-state index in [1.165, 1.54) is 0 Å². The van der Waals surface area contributed by atoms with Crippen LogP contribution in [0.5, 0.6) is 0 Å². The molecule has 6 nitrogen and oxygen atoms in total. The number of imide groups is 1. The molecule has 0 aromatic heterocycles. The number of rotatable bonds is 5. The molecule has 3 amide bonds. The number of anilines is 1. The lowest BCUT2D eigenvalue weighted by atomic mass is 10.0. The number of carbonyl (C=O) groups is 3. The van der Waals surface area contributed by atoms with Crippen molar-refractivity contribution in [2.75, 3.05) is 5.32 Å². The Morgan fingerprint density at radius 3 is 2.57 bits per heavy atom. The molecule has 114 valence electrons. The zero-order chi connectivity index (χ0) is 16.0. The summed E-state index contributed by atoms with van der Waals surface area (Å²) in [4.78, 5) is 33.7. The average Bonchev–Trinajstić information content (AvgIpc) is 2.31. The SMILES string of the molecule is CC(CC(=O)O)CC(=O)NC(=O)Nc1ccc(I)cc1Cl. The van der Waals surface area contributed by atoms with E-state index >= 15 is 0 Å². The summed E-state index contributed by atoms with van der Waals surface area (Å²) in [5.41, 5.74) is 0.390. The van der Waals surface area contributed by atoms with E-state index in [2.05, 4.69) is 33.2 Å². The molecule has 0 bridgehead atoms. The summed E-state index contributed by atoms with van der Waals surface area (Å²) in [7, 11) is 0. The number of hydrogen-bond acceptors (Lipinski definition) is 3. The highest BCUT2D eigenvalue weighted by atomic mass is 127. The van der Waals surface area contributed by atoms with Crippen molar-refractivity contribution >= 4 is 57.8 Å². The topological polar surface area (TPSA) is 95.5 Å². The highest BCUT2D eigenvalue weighted by molar-refractivity contribution is 14.1. The number of halogens is 2. The molecule has 0 spiro atoms. The summed E-state index contributed by atoms with van der Waals surface area (Å²) in [6.45, 7) is 1.63. The van der Waals surface area contributed by atoms with E-state index in [1.807, 2.05) is 0 Å². The predicted molar refractivity (Wildman–Crippen MR) is 87.4 cm³/mol. The summed E-state index contributed by atoms with van der Waals surface area (Å²) in [6.07, 6.45) is -0.169. The van der Waals surface area contributed by atoms with Crippen molar-refractivity contribution in [3.63, 3.8) is 0 Å². The van der Waals surface area contributed by atoms with Gasteiger partial charge in [-0.15, -0.1) is 0 Å². The minimum atomic E-state index is -0.981. The van der Waals surface area contributed by atoms with Crippen molar-refractivity contribution in [3.05, 3.63) is 26.8 Å². The maximum absolute atomic E-state index is 11.6. The summed E-state index contributed by atoms with van der Waals surface area (Å²) in [6, 6.07) is 4.36. The molecule has 0 aliphatic rings. The van der Waals surface area contributed by atoms with Crippen molar-refractivity contribution in [3.8, 4) is 0 Å². The maximum Gasteiger partial charge on any atom is 0.325 e. The number of carbonyl (C=O) groups excluding carboxylic acids is 2. The van der Waals surface area contributed by atoms with Gasteiger partial charge in [-0.05, 0) is 46.7 Å². The smallest absolute Gasteiger partial charge is 0.325 e. The number of carboxylic acids is 1. The Kier molecular flexibility index (Phi) is 6.90. The lowest BCUT2D eigenvalue weighted by molar-refractivity contribution is -0.138. The standard InChI is InChI=1S/C13H14ClIN2O4/c1-7(5-12(19)20)4-11(18)17-13(21)16-10-3-2-8(15)6-9(10)14/h2-3,6-7H,4-5H2,1H3,(H,19,20)(H2,16,17,18,21). The quantitative estimate of drug-likeness (QED) is 0.633. The van der Waals surface area contributed by atoms with Gasteiger partial charge in [0.2, 0.25) is 5.91 Å². The first-order chi connectivity index (χ1) is 9.77. The van der Waals surface area contributed by atoms with Crippen LogP contribution in [-0.2, 0) is 9.59 Å². The van der Waals surface area contributed by atoms with Crippen LogP contribution in [0.2, 0.25) is 5.02 Å². The highest BCUT2D eigenvalue weighted by Gasteiger charge is 2.15. The molecule has 3 N–H and O–H groups in total. The molecule has 1 rings (SSSR count). The van der Waals surface area contributed by atoms with Gasteiger partial charge < -0.3 is 10.4 Å². The molecule has 0 radical (unpaired) electrons. The van der Waals surface area contributed by atoms with Gasteiger partial charge in [0.15, 0.2) is 0 Å². The number of aliphatic carboxylic acids is 1. The predicted octanol–water partition coefficient (Wildman–Crippen LogP) is 3.09. The van der Waals surface area contributed by atoms with Gasteiger partial charge >= 0.3 is 12.0 Å². The van der Waals surface area contributed by atoms with Gasteiger partial charge in [0.25, 0.3) is 0 Å². The van der Waals surface area contributed by atoms with E-state index in [9.17, 15) is 14.4 Å². The molecule has 1 atom stereocenters. The van der Waals surface area contributed by atoms with Crippen LogP contribution in [0.3, 0.4) is 0 Å². The average molecular weight is 425 g/mol. The molecule has 0 aliphatic carbocycles. The Balaban J connectivity index is 2.49. The molecular weight excluding hydrogens is 411 g/mol. The lowest BCUT2D eigenvalue weighted by Gasteiger charge is -2.10. The normalized spacial score (nSPS) is 11.6. The van der Waals surface area contributed by atoms with E-state index in [1.54, 1.807) is 25.1 Å². The molecular formula is C13H14ClIN2O4. The number of urea groups is 1. The maximum atomic E-state index is 11.6. The summed E-state index contributed by atoms with van der Waals surface area (Å²) in [5, 5.41) is 13.6. The molecule has 1 aromatic rings. The fraction of sp³-hybridized carbons (Fsp3) is 0.308. The molecule has 8 heteroatoms. The number of carboxylic acid groups (broad SMARTS) is 1. The fourth-order valence-electron chi connectivity index (χ4n) is 1.61. The third kappa shape index (κ3) is 6.76. The second-order valence-corrected chi connectivity index (χ2v) is 6.19. The van der Waals surface area contributed by atoms with Crippen LogP contribution in [-0.4, -0.2) is 23.0 Å². The fourth-order valence-corrected chi connectivity index (χ4v) is 2.51. The van der Waals surface area contributed by atoms with Gasteiger partial charge in [-0.2, -0.15) is 0 Å². The first-order valence-corrected chi connectivity index (χ1v) is 7.51. The number of amides is 3. The van der Waals surface area contributed by atoms with Gasteiger partial charge in [0, 0.05) is 16.4 Å². The van der Waals surface area contributed by atoms with Gasteiger partial charge in [-0.25, -0.2) is 4.79 Å². The van der Waals surface area contributed by atoms with Gasteiger partial charge in [-0.3, -0.25) is 14.9 Å². The molecule has 0 saturated carbocycles. The zero-order valence-electron chi connectivity index (χ0n) is 11.2. The zero-order valence-corrected chi connectivity index (χ0v) is 14.1. The first-order valence-electron chi connectivity index (χ1n) is 6.05. The molecule has 0 aliphatic heterocycles. The van der Waals surface area contributed by atoms with Gasteiger partial charge in [0.1, 0.15) is 0 Å². The summed E-state index contributed by atoms with van der Waals surface area (Å²) >= 11 is 8.04. The van der Waals surface area contributed by atoms with E-state index in [0.717, 1.165) is 3.57 Å². The van der Waals surface area contributed by atoms with Crippen molar-refractivity contribution in [2.24, 2.45) is 5.92 Å². The number of benzene rings is 1. The van der Waals surface area contributed by atoms with Crippen molar-refractivity contribution in [1.29, 1.82) is 0 Å². The molecule has 21 heavy (non-hydrogen) atoms. The van der Waals surface area contributed by atoms with Crippen LogP contribution < -0.4 is 10.6 Å². The van der Waals surface area contributed by atoms with E-state index in [4.69, 9.17) is 16.7 Å². The third-order valence-corrected chi connectivity index (χ3v) is 3.47. The molecule has 1 aromatic carbocycles. The van der Waals surface area contributed by atoms with E-state index in [-0.39, 0.29) is 18.8 Å². The van der Waals surface area contributed by atoms with Crippen LogP contribution in [0.4, 0.5) is 10.5 Å². The molecule has 1 unspecified atom stereocenters. The minimum absolute atomic E-state index is 0.0415. The molecule has 0 heterocycles. The van der Waals surface area contributed by atoms with E-state index in [0.29, 0.717) is 10.7 Å². The monoisotopic (exact) mass is 424 g/mol. The summed E-state index contributed by atoms with van der Waals surface area (Å²) < 4.78 is 0.919. The minimum Gasteiger partial charge on any atom is -0.481 e. The second kappa shape index (κ2) is 8.18. The van der Waals surface area contributed by atoms with Crippen molar-refractivity contribution in [1.82, 2.24) is 5.32 Å². The van der Waals surface area contributed by atoms with E-state index < -0.39 is 17.9 Å². The largest absolute Gasteiger partial charge is 0.481 e. The van der Waals surface area contributed by atoms with Crippen molar-refractivity contribution in [2.45, 2.75) is 19.8 Å². The number of hydrogen-bond donors (Lipinski definition) is 3. The van der Waals surface area contributed by atoms with Crippen LogP contribution in [0.25, 0.3) is 0 Å². The Bertz CT molecular complexity index is 565.